The summed E-state index contributed by atoms with van der Waals surface area (Å²) in [6.45, 7) is 0. The molecule has 110 valence electrons. The molecule has 0 radical (unpaired) electrons. The molecule has 22 heavy (non-hydrogen) atoms. The van der Waals surface area contributed by atoms with E-state index in [0.717, 1.165) is 23.9 Å². The van der Waals surface area contributed by atoms with Crippen molar-refractivity contribution in [1.82, 2.24) is 9.97 Å². The molecular weight excluding hydrogens is 274 g/mol. The summed E-state index contributed by atoms with van der Waals surface area (Å²) in [5.74, 6) is 0.860. The monoisotopic (exact) mass is 291 g/mol. The van der Waals surface area contributed by atoms with Gasteiger partial charge in [0.25, 0.3) is 0 Å². The fourth-order valence-corrected chi connectivity index (χ4v) is 3.28. The van der Waals surface area contributed by atoms with E-state index in [9.17, 15) is 4.79 Å². The number of hydrogen-bond acceptors (Lipinski definition) is 2. The molecule has 0 saturated carbocycles. The smallest absolute Gasteiger partial charge is 0.227 e. The van der Waals surface area contributed by atoms with Gasteiger partial charge in [-0.15, -0.1) is 0 Å². The lowest BCUT2D eigenvalue weighted by atomic mass is 9.97. The average Bonchev–Trinajstić information content (AvgIpc) is 3.11. The van der Waals surface area contributed by atoms with Gasteiger partial charge in [-0.2, -0.15) is 0 Å². The van der Waals surface area contributed by atoms with Crippen LogP contribution in [-0.2, 0) is 11.2 Å². The molecule has 0 aliphatic heterocycles. The third kappa shape index (κ3) is 2.37. The number of nitrogens with zero attached hydrogens (tertiary/aromatic N) is 1. The second kappa shape index (κ2) is 5.30. The van der Waals surface area contributed by atoms with Crippen molar-refractivity contribution in [1.29, 1.82) is 0 Å². The number of H-pyrrole nitrogens is 1. The van der Waals surface area contributed by atoms with Crippen LogP contribution in [0.25, 0.3) is 11.0 Å². The molecule has 2 aromatic carbocycles. The highest BCUT2D eigenvalue weighted by atomic mass is 16.1. The Balaban J connectivity index is 1.47. The van der Waals surface area contributed by atoms with Crippen molar-refractivity contribution in [3.8, 4) is 0 Å². The Kier molecular flexibility index (Phi) is 3.15. The standard InChI is InChI=1S/C18H17N3O/c22-17(11-13-10-9-12-5-1-2-6-14(12)13)21-18-19-15-7-3-4-8-16(15)20-18/h1-8,13H,9-11H2,(H2,19,20,21,22). The maximum Gasteiger partial charge on any atom is 0.227 e. The number of aromatic nitrogens is 2. The molecule has 1 aromatic heterocycles. The van der Waals surface area contributed by atoms with Gasteiger partial charge in [0.15, 0.2) is 0 Å². The maximum absolute atomic E-state index is 12.3. The lowest BCUT2D eigenvalue weighted by Gasteiger charge is -2.10. The van der Waals surface area contributed by atoms with Crippen LogP contribution in [0.3, 0.4) is 0 Å². The van der Waals surface area contributed by atoms with Gasteiger partial charge in [-0.1, -0.05) is 36.4 Å². The van der Waals surface area contributed by atoms with Crippen molar-refractivity contribution in [2.45, 2.75) is 25.2 Å². The van der Waals surface area contributed by atoms with E-state index in [1.165, 1.54) is 11.1 Å². The predicted octanol–water partition coefficient (Wildman–Crippen LogP) is 3.62. The maximum atomic E-state index is 12.3. The second-order valence-corrected chi connectivity index (χ2v) is 5.79. The van der Waals surface area contributed by atoms with Crippen LogP contribution >= 0.6 is 0 Å². The van der Waals surface area contributed by atoms with Gasteiger partial charge in [-0.3, -0.25) is 10.1 Å². The Morgan fingerprint density at radius 2 is 2.00 bits per heavy atom. The highest BCUT2D eigenvalue weighted by molar-refractivity contribution is 5.91. The summed E-state index contributed by atoms with van der Waals surface area (Å²) >= 11 is 0. The number of carbonyl (C=O) groups is 1. The van der Waals surface area contributed by atoms with E-state index in [1.807, 2.05) is 30.3 Å². The molecule has 0 fully saturated rings. The van der Waals surface area contributed by atoms with E-state index in [-0.39, 0.29) is 5.91 Å². The number of nitrogens with one attached hydrogen (secondary N) is 2. The summed E-state index contributed by atoms with van der Waals surface area (Å²) in [6.07, 6.45) is 2.62. The number of amides is 1. The van der Waals surface area contributed by atoms with Gasteiger partial charge in [0.2, 0.25) is 11.9 Å². The molecule has 1 amide bonds. The number of aromatic amines is 1. The summed E-state index contributed by atoms with van der Waals surface area (Å²) in [6, 6.07) is 16.2. The Bertz CT molecular complexity index is 804. The first-order valence-corrected chi connectivity index (χ1v) is 7.62. The lowest BCUT2D eigenvalue weighted by molar-refractivity contribution is -0.116. The topological polar surface area (TPSA) is 57.8 Å². The van der Waals surface area contributed by atoms with Crippen LogP contribution in [-0.4, -0.2) is 15.9 Å². The number of carbonyl (C=O) groups excluding carboxylic acids is 1. The van der Waals surface area contributed by atoms with Crippen LogP contribution in [0.2, 0.25) is 0 Å². The number of hydrogen-bond donors (Lipinski definition) is 2. The Morgan fingerprint density at radius 3 is 2.91 bits per heavy atom. The van der Waals surface area contributed by atoms with Crippen molar-refractivity contribution in [3.05, 3.63) is 59.7 Å². The van der Waals surface area contributed by atoms with Crippen LogP contribution in [0.1, 0.15) is 29.9 Å². The molecule has 4 heteroatoms. The molecule has 1 unspecified atom stereocenters. The molecular formula is C18H17N3O. The van der Waals surface area contributed by atoms with E-state index in [4.69, 9.17) is 0 Å². The normalized spacial score (nSPS) is 16.6. The quantitative estimate of drug-likeness (QED) is 0.774. The third-order valence-electron chi connectivity index (χ3n) is 4.34. The zero-order valence-electron chi connectivity index (χ0n) is 12.2. The first kappa shape index (κ1) is 13.1. The van der Waals surface area contributed by atoms with Crippen LogP contribution in [0.15, 0.2) is 48.5 Å². The largest absolute Gasteiger partial charge is 0.324 e. The summed E-state index contributed by atoms with van der Waals surface area (Å²) in [5, 5.41) is 2.88. The fourth-order valence-electron chi connectivity index (χ4n) is 3.28. The number of imidazole rings is 1. The molecule has 3 aromatic rings. The van der Waals surface area contributed by atoms with Gasteiger partial charge < -0.3 is 4.98 Å². The Labute approximate surface area is 128 Å². The van der Waals surface area contributed by atoms with E-state index in [1.54, 1.807) is 0 Å². The molecule has 1 atom stereocenters. The first-order chi connectivity index (χ1) is 10.8. The fraction of sp³-hybridized carbons (Fsp3) is 0.222. The molecule has 2 N–H and O–H groups in total. The lowest BCUT2D eigenvalue weighted by Crippen LogP contribution is -2.15. The molecule has 0 spiro atoms. The van der Waals surface area contributed by atoms with Gasteiger partial charge >= 0.3 is 0 Å². The number of fused-ring (bicyclic) bond motifs is 2. The highest BCUT2D eigenvalue weighted by Gasteiger charge is 2.24. The summed E-state index contributed by atoms with van der Waals surface area (Å²) in [5.41, 5.74) is 4.50. The highest BCUT2D eigenvalue weighted by Crippen LogP contribution is 2.35. The molecule has 1 aliphatic carbocycles. The van der Waals surface area contributed by atoms with Crippen LogP contribution in [0, 0.1) is 0 Å². The van der Waals surface area contributed by atoms with Gasteiger partial charge in [0.1, 0.15) is 0 Å². The average molecular weight is 291 g/mol. The van der Waals surface area contributed by atoms with Crippen molar-refractivity contribution in [2.75, 3.05) is 5.32 Å². The first-order valence-electron chi connectivity index (χ1n) is 7.62. The molecule has 0 saturated heterocycles. The predicted molar refractivity (Wildman–Crippen MR) is 86.8 cm³/mol. The zero-order valence-corrected chi connectivity index (χ0v) is 12.2. The molecule has 0 bridgehead atoms. The number of aryl methyl sites for hydroxylation is 1. The van der Waals surface area contributed by atoms with Gasteiger partial charge in [0, 0.05) is 6.42 Å². The minimum absolute atomic E-state index is 0.0146. The van der Waals surface area contributed by atoms with E-state index in [0.29, 0.717) is 18.3 Å². The number of anilines is 1. The van der Waals surface area contributed by atoms with E-state index >= 15 is 0 Å². The third-order valence-corrected chi connectivity index (χ3v) is 4.34. The van der Waals surface area contributed by atoms with E-state index in [2.05, 4.69) is 33.5 Å². The second-order valence-electron chi connectivity index (χ2n) is 5.79. The van der Waals surface area contributed by atoms with Crippen LogP contribution in [0.4, 0.5) is 5.95 Å². The molecule has 4 nitrogen and oxygen atoms in total. The van der Waals surface area contributed by atoms with Crippen molar-refractivity contribution >= 4 is 22.9 Å². The number of rotatable bonds is 3. The minimum atomic E-state index is 0.0146. The van der Waals surface area contributed by atoms with Gasteiger partial charge in [-0.25, -0.2) is 4.98 Å². The Hall–Kier alpha value is -2.62. The van der Waals surface area contributed by atoms with Crippen LogP contribution in [0.5, 0.6) is 0 Å². The Morgan fingerprint density at radius 1 is 1.18 bits per heavy atom. The minimum Gasteiger partial charge on any atom is -0.324 e. The SMILES string of the molecule is O=C(CC1CCc2ccccc21)Nc1nc2ccccc2[nH]1. The zero-order chi connectivity index (χ0) is 14.9. The van der Waals surface area contributed by atoms with Crippen molar-refractivity contribution in [2.24, 2.45) is 0 Å². The number of benzene rings is 2. The van der Waals surface area contributed by atoms with Crippen molar-refractivity contribution < 1.29 is 4.79 Å². The van der Waals surface area contributed by atoms with Crippen molar-refractivity contribution in [3.63, 3.8) is 0 Å². The summed E-state index contributed by atoms with van der Waals surface area (Å²) in [4.78, 5) is 19.8. The van der Waals surface area contributed by atoms with Gasteiger partial charge in [-0.05, 0) is 42.0 Å². The van der Waals surface area contributed by atoms with E-state index < -0.39 is 0 Å². The molecule has 1 aliphatic rings. The molecule has 1 heterocycles. The summed E-state index contributed by atoms with van der Waals surface area (Å²) in [7, 11) is 0. The molecule has 4 rings (SSSR count). The van der Waals surface area contributed by atoms with Gasteiger partial charge in [0.05, 0.1) is 11.0 Å². The van der Waals surface area contributed by atoms with Crippen LogP contribution < -0.4 is 5.32 Å². The summed E-state index contributed by atoms with van der Waals surface area (Å²) < 4.78 is 0. The number of para-hydroxylation sites is 2.